The fraction of sp³-hybridized carbons (Fsp3) is 0.105. The number of allylic oxidation sites excluding steroid dienone is 1. The molecule has 4 rings (SSSR count). The molecule has 3 heterocycles. The second kappa shape index (κ2) is 6.63. The first kappa shape index (κ1) is 16.9. The number of nitrogens with one attached hydrogen (secondary N) is 1. The van der Waals surface area contributed by atoms with Gasteiger partial charge in [-0.15, -0.1) is 16.4 Å². The third-order valence-corrected chi connectivity index (χ3v) is 5.26. The quantitative estimate of drug-likeness (QED) is 0.677. The number of H-pyrrole nitrogens is 1. The zero-order valence-corrected chi connectivity index (χ0v) is 15.0. The van der Waals surface area contributed by atoms with Crippen molar-refractivity contribution >= 4 is 17.3 Å². The van der Waals surface area contributed by atoms with Crippen LogP contribution in [0.3, 0.4) is 0 Å². The lowest BCUT2D eigenvalue weighted by molar-refractivity contribution is 0.0600. The summed E-state index contributed by atoms with van der Waals surface area (Å²) in [6.45, 7) is 0. The molecule has 0 spiro atoms. The number of hydrogen-bond donors (Lipinski definition) is 2. The highest BCUT2D eigenvalue weighted by Crippen LogP contribution is 2.46. The highest BCUT2D eigenvalue weighted by atomic mass is 32.1. The molecule has 1 atom stereocenters. The van der Waals surface area contributed by atoms with Crippen molar-refractivity contribution in [3.63, 3.8) is 0 Å². The molecule has 0 saturated carbocycles. The molecule has 1 aliphatic rings. The number of nitrogens with zero attached hydrogens (tertiary/aromatic N) is 2. The summed E-state index contributed by atoms with van der Waals surface area (Å²) in [6.07, 6.45) is 0. The molecule has 0 amide bonds. The van der Waals surface area contributed by atoms with E-state index in [1.807, 2.05) is 17.5 Å². The van der Waals surface area contributed by atoms with Crippen LogP contribution in [0, 0.1) is 11.3 Å². The van der Waals surface area contributed by atoms with E-state index in [4.69, 9.17) is 15.2 Å². The van der Waals surface area contributed by atoms with Crippen LogP contribution in [-0.4, -0.2) is 23.3 Å². The number of carbonyl (C=O) groups excluding carboxylic acids is 1. The van der Waals surface area contributed by atoms with E-state index in [1.165, 1.54) is 7.11 Å². The van der Waals surface area contributed by atoms with Crippen molar-refractivity contribution in [1.29, 1.82) is 5.26 Å². The maximum atomic E-state index is 11.7. The smallest absolute Gasteiger partial charge is 0.337 e. The Kier molecular flexibility index (Phi) is 4.14. The molecule has 7 nitrogen and oxygen atoms in total. The number of aromatic nitrogens is 2. The summed E-state index contributed by atoms with van der Waals surface area (Å²) in [6, 6.07) is 12.9. The average molecular weight is 378 g/mol. The molecule has 134 valence electrons. The molecule has 8 heteroatoms. The number of benzene rings is 1. The Hall–Kier alpha value is -3.57. The van der Waals surface area contributed by atoms with Gasteiger partial charge in [0.25, 0.3) is 0 Å². The van der Waals surface area contributed by atoms with E-state index in [1.54, 1.807) is 35.6 Å². The van der Waals surface area contributed by atoms with Gasteiger partial charge in [0.15, 0.2) is 0 Å². The molecule has 0 saturated heterocycles. The number of thiophene rings is 1. The van der Waals surface area contributed by atoms with Gasteiger partial charge in [0.2, 0.25) is 11.8 Å². The Bertz CT molecular complexity index is 1080. The van der Waals surface area contributed by atoms with E-state index in [0.717, 1.165) is 21.7 Å². The fourth-order valence-electron chi connectivity index (χ4n) is 3.12. The summed E-state index contributed by atoms with van der Waals surface area (Å²) in [5.74, 6) is -0.512. The molecule has 3 N–H and O–H groups in total. The van der Waals surface area contributed by atoms with Crippen LogP contribution in [0.2, 0.25) is 0 Å². The second-order valence-electron chi connectivity index (χ2n) is 5.83. The van der Waals surface area contributed by atoms with Crippen molar-refractivity contribution in [2.24, 2.45) is 5.73 Å². The number of rotatable bonds is 3. The van der Waals surface area contributed by atoms with Crippen molar-refractivity contribution < 1.29 is 14.3 Å². The molecule has 2 aromatic heterocycles. The minimum Gasteiger partial charge on any atom is -0.465 e. The van der Waals surface area contributed by atoms with E-state index in [0.29, 0.717) is 17.0 Å². The van der Waals surface area contributed by atoms with Crippen molar-refractivity contribution in [3.8, 4) is 22.5 Å². The standard InChI is InChI=1S/C19H14N4O3S/c1-25-19(24)11-6-4-10(5-7-11)14-12(9-20)17(21)26-18-15(14)16(22-23-18)13-3-2-8-27-13/h2-8,14H,21H2,1H3,(H,22,23)/t14-/m0/s1. The van der Waals surface area contributed by atoms with Gasteiger partial charge in [-0.05, 0) is 29.1 Å². The fourth-order valence-corrected chi connectivity index (χ4v) is 3.85. The van der Waals surface area contributed by atoms with Crippen molar-refractivity contribution in [1.82, 2.24) is 10.2 Å². The van der Waals surface area contributed by atoms with E-state index >= 15 is 0 Å². The van der Waals surface area contributed by atoms with Crippen LogP contribution in [0.15, 0.2) is 53.2 Å². The number of nitriles is 1. The maximum absolute atomic E-state index is 11.7. The predicted octanol–water partition coefficient (Wildman–Crippen LogP) is 3.14. The Morgan fingerprint density at radius 2 is 2.15 bits per heavy atom. The number of aromatic amines is 1. The number of methoxy groups -OCH3 is 1. The topological polar surface area (TPSA) is 114 Å². The van der Waals surface area contributed by atoms with Gasteiger partial charge >= 0.3 is 5.97 Å². The molecule has 27 heavy (non-hydrogen) atoms. The maximum Gasteiger partial charge on any atom is 0.337 e. The minimum atomic E-state index is -0.457. The average Bonchev–Trinajstić information content (AvgIpc) is 3.35. The zero-order valence-electron chi connectivity index (χ0n) is 14.2. The van der Waals surface area contributed by atoms with Gasteiger partial charge in [0, 0.05) is 0 Å². The van der Waals surface area contributed by atoms with Crippen molar-refractivity contribution in [3.05, 3.63) is 69.9 Å². The molecule has 0 fully saturated rings. The molecule has 0 aliphatic carbocycles. The number of nitrogens with two attached hydrogens (primary N) is 1. The molecular formula is C19H14N4O3S. The van der Waals surface area contributed by atoms with Gasteiger partial charge in [-0.1, -0.05) is 18.2 Å². The van der Waals surface area contributed by atoms with Crippen molar-refractivity contribution in [2.45, 2.75) is 5.92 Å². The first-order chi connectivity index (χ1) is 13.1. The highest BCUT2D eigenvalue weighted by Gasteiger charge is 2.35. The van der Waals surface area contributed by atoms with Gasteiger partial charge in [-0.2, -0.15) is 5.26 Å². The van der Waals surface area contributed by atoms with Crippen LogP contribution in [0.5, 0.6) is 5.88 Å². The lowest BCUT2D eigenvalue weighted by atomic mass is 9.83. The normalized spacial score (nSPS) is 15.6. The second-order valence-corrected chi connectivity index (χ2v) is 6.78. The molecule has 0 radical (unpaired) electrons. The van der Waals surface area contributed by atoms with Gasteiger partial charge in [-0.25, -0.2) is 4.79 Å². The van der Waals surface area contributed by atoms with E-state index in [-0.39, 0.29) is 5.88 Å². The largest absolute Gasteiger partial charge is 0.465 e. The first-order valence-electron chi connectivity index (χ1n) is 8.02. The van der Waals surface area contributed by atoms with E-state index in [9.17, 15) is 10.1 Å². The number of esters is 1. The third kappa shape index (κ3) is 2.74. The van der Waals surface area contributed by atoms with Crippen LogP contribution in [0.4, 0.5) is 0 Å². The molecule has 1 aromatic carbocycles. The Morgan fingerprint density at radius 3 is 2.78 bits per heavy atom. The number of carbonyl (C=O) groups is 1. The van der Waals surface area contributed by atoms with Crippen LogP contribution >= 0.6 is 11.3 Å². The monoisotopic (exact) mass is 378 g/mol. The van der Waals surface area contributed by atoms with Crippen LogP contribution in [0.25, 0.3) is 10.6 Å². The van der Waals surface area contributed by atoms with E-state index < -0.39 is 11.9 Å². The summed E-state index contributed by atoms with van der Waals surface area (Å²) in [5, 5.41) is 18.9. The zero-order chi connectivity index (χ0) is 19.0. The Morgan fingerprint density at radius 1 is 1.37 bits per heavy atom. The van der Waals surface area contributed by atoms with Gasteiger partial charge in [0.1, 0.15) is 11.6 Å². The summed E-state index contributed by atoms with van der Waals surface area (Å²) in [7, 11) is 1.33. The molecule has 0 unspecified atom stereocenters. The third-order valence-electron chi connectivity index (χ3n) is 4.37. The summed E-state index contributed by atoms with van der Waals surface area (Å²) in [4.78, 5) is 12.7. The highest BCUT2D eigenvalue weighted by molar-refractivity contribution is 7.13. The minimum absolute atomic E-state index is 0.0243. The molecule has 1 aliphatic heterocycles. The van der Waals surface area contributed by atoms with Crippen LogP contribution < -0.4 is 10.5 Å². The summed E-state index contributed by atoms with van der Waals surface area (Å²) >= 11 is 1.55. The van der Waals surface area contributed by atoms with Gasteiger partial charge < -0.3 is 15.2 Å². The predicted molar refractivity (Wildman–Crippen MR) is 99.0 cm³/mol. The molecule has 0 bridgehead atoms. The van der Waals surface area contributed by atoms with Crippen molar-refractivity contribution in [2.75, 3.05) is 7.11 Å². The SMILES string of the molecule is COC(=O)c1ccc([C@H]2C(C#N)=C(N)Oc3n[nH]c(-c4cccs4)c32)cc1. The lowest BCUT2D eigenvalue weighted by Gasteiger charge is -2.24. The molecular weight excluding hydrogens is 364 g/mol. The van der Waals surface area contributed by atoms with Gasteiger partial charge in [0.05, 0.1) is 34.7 Å². The number of fused-ring (bicyclic) bond motifs is 1. The number of hydrogen-bond acceptors (Lipinski definition) is 7. The van der Waals surface area contributed by atoms with Gasteiger partial charge in [-0.3, -0.25) is 5.10 Å². The Labute approximate surface area is 158 Å². The number of ether oxygens (including phenoxy) is 2. The Balaban J connectivity index is 1.87. The summed E-state index contributed by atoms with van der Waals surface area (Å²) in [5.41, 5.74) is 9.01. The first-order valence-corrected chi connectivity index (χ1v) is 8.90. The van der Waals surface area contributed by atoms with Crippen LogP contribution in [-0.2, 0) is 4.74 Å². The molecule has 3 aromatic rings. The lowest BCUT2D eigenvalue weighted by Crippen LogP contribution is -2.21. The van der Waals surface area contributed by atoms with E-state index in [2.05, 4.69) is 16.3 Å². The summed E-state index contributed by atoms with van der Waals surface area (Å²) < 4.78 is 10.3. The van der Waals surface area contributed by atoms with Crippen LogP contribution in [0.1, 0.15) is 27.4 Å².